The van der Waals surface area contributed by atoms with E-state index in [2.05, 4.69) is 30.7 Å². The van der Waals surface area contributed by atoms with Gasteiger partial charge in [0, 0.05) is 61.8 Å². The third kappa shape index (κ3) is 2.54. The lowest BCUT2D eigenvalue weighted by atomic mass is 9.86. The van der Waals surface area contributed by atoms with Crippen molar-refractivity contribution >= 4 is 17.7 Å². The van der Waals surface area contributed by atoms with E-state index in [0.717, 1.165) is 61.8 Å². The summed E-state index contributed by atoms with van der Waals surface area (Å²) >= 11 is 0. The van der Waals surface area contributed by atoms with Crippen LogP contribution in [0.1, 0.15) is 19.3 Å². The predicted molar refractivity (Wildman–Crippen MR) is 112 cm³/mol. The van der Waals surface area contributed by atoms with Crippen LogP contribution < -0.4 is 15.5 Å². The summed E-state index contributed by atoms with van der Waals surface area (Å²) in [5.41, 5.74) is 7.46. The summed E-state index contributed by atoms with van der Waals surface area (Å²) in [6.45, 7) is 4.99. The molecule has 2 aromatic rings. The maximum Gasteiger partial charge on any atom is 0.228 e. The van der Waals surface area contributed by atoms with Crippen molar-refractivity contribution in [3.05, 3.63) is 18.5 Å². The number of likely N-dealkylation sites (tertiary alicyclic amines) is 1. The fraction of sp³-hybridized carbons (Fsp3) is 0.619. The molecule has 30 heavy (non-hydrogen) atoms. The maximum atomic E-state index is 5.70. The van der Waals surface area contributed by atoms with Gasteiger partial charge in [-0.25, -0.2) is 15.0 Å². The first-order valence-corrected chi connectivity index (χ1v) is 11.0. The molecule has 156 valence electrons. The van der Waals surface area contributed by atoms with Crippen LogP contribution in [0.5, 0.6) is 0 Å². The van der Waals surface area contributed by atoms with Crippen LogP contribution in [-0.4, -0.2) is 81.9 Å². The summed E-state index contributed by atoms with van der Waals surface area (Å²) in [4.78, 5) is 25.9. The van der Waals surface area contributed by atoms with Gasteiger partial charge in [-0.05, 0) is 25.2 Å². The van der Waals surface area contributed by atoms with Crippen molar-refractivity contribution in [2.24, 2.45) is 5.92 Å². The van der Waals surface area contributed by atoms with Crippen LogP contribution in [0, 0.1) is 5.92 Å². The second-order valence-corrected chi connectivity index (χ2v) is 9.47. The van der Waals surface area contributed by atoms with Crippen molar-refractivity contribution in [2.75, 3.05) is 48.4 Å². The predicted octanol–water partition coefficient (Wildman–Crippen LogP) is 0.776. The summed E-state index contributed by atoms with van der Waals surface area (Å²) in [5, 5.41) is 0. The third-order valence-corrected chi connectivity index (χ3v) is 7.70. The summed E-state index contributed by atoms with van der Waals surface area (Å²) in [6.07, 6.45) is 7.29. The van der Waals surface area contributed by atoms with Crippen LogP contribution >= 0.6 is 0 Å². The minimum absolute atomic E-state index is 0.283. The molecular weight excluding hydrogens is 380 g/mol. The Hall–Kier alpha value is -2.52. The largest absolute Gasteiger partial charge is 0.378 e. The first kappa shape index (κ1) is 17.2. The van der Waals surface area contributed by atoms with Crippen LogP contribution in [0.25, 0.3) is 11.3 Å². The van der Waals surface area contributed by atoms with E-state index in [9.17, 15) is 0 Å². The van der Waals surface area contributed by atoms with Crippen molar-refractivity contribution in [3.63, 3.8) is 0 Å². The highest BCUT2D eigenvalue weighted by atomic mass is 16.5. The zero-order valence-corrected chi connectivity index (χ0v) is 16.9. The van der Waals surface area contributed by atoms with Crippen LogP contribution in [0.3, 0.4) is 0 Å². The average Bonchev–Trinajstić information content (AvgIpc) is 3.46. The van der Waals surface area contributed by atoms with Crippen molar-refractivity contribution in [2.45, 2.75) is 43.4 Å². The van der Waals surface area contributed by atoms with E-state index in [4.69, 9.17) is 20.4 Å². The number of nitrogens with two attached hydrogens (primary N) is 1. The molecule has 6 fully saturated rings. The Morgan fingerprint density at radius 3 is 2.33 bits per heavy atom. The second-order valence-electron chi connectivity index (χ2n) is 9.47. The number of nitrogen functional groups attached to an aromatic ring is 1. The topological polar surface area (TPSA) is 96.5 Å². The number of hydrogen-bond donors (Lipinski definition) is 1. The molecule has 9 nitrogen and oxygen atoms in total. The Kier molecular flexibility index (Phi) is 3.58. The number of ether oxygens (including phenoxy) is 1. The molecule has 5 aliphatic heterocycles. The summed E-state index contributed by atoms with van der Waals surface area (Å²) < 4.78 is 5.42. The van der Waals surface area contributed by atoms with Gasteiger partial charge in [0.05, 0.1) is 24.9 Å². The molecule has 5 saturated heterocycles. The monoisotopic (exact) mass is 406 g/mol. The number of aromatic nitrogens is 4. The number of nitrogens with zero attached hydrogens (tertiary/aromatic N) is 7. The van der Waals surface area contributed by atoms with Gasteiger partial charge in [0.2, 0.25) is 11.9 Å². The number of fused-ring (bicyclic) bond motifs is 3. The van der Waals surface area contributed by atoms with Gasteiger partial charge in [0.15, 0.2) is 0 Å². The molecule has 0 aromatic carbocycles. The highest BCUT2D eigenvalue weighted by Crippen LogP contribution is 2.43. The van der Waals surface area contributed by atoms with Crippen molar-refractivity contribution in [3.8, 4) is 11.3 Å². The number of hydrogen-bond acceptors (Lipinski definition) is 9. The molecule has 7 heterocycles. The van der Waals surface area contributed by atoms with Crippen LogP contribution in [0.4, 0.5) is 17.7 Å². The van der Waals surface area contributed by atoms with Crippen molar-refractivity contribution in [1.29, 1.82) is 0 Å². The third-order valence-electron chi connectivity index (χ3n) is 7.70. The lowest BCUT2D eigenvalue weighted by Crippen LogP contribution is -2.57. The van der Waals surface area contributed by atoms with Gasteiger partial charge in [0.1, 0.15) is 5.82 Å². The highest BCUT2D eigenvalue weighted by Gasteiger charge is 2.48. The fourth-order valence-electron chi connectivity index (χ4n) is 5.93. The highest BCUT2D eigenvalue weighted by molar-refractivity contribution is 5.65. The van der Waals surface area contributed by atoms with E-state index < -0.39 is 0 Å². The van der Waals surface area contributed by atoms with E-state index in [0.29, 0.717) is 24.2 Å². The number of anilines is 3. The molecule has 1 saturated carbocycles. The maximum absolute atomic E-state index is 5.70. The summed E-state index contributed by atoms with van der Waals surface area (Å²) in [5.74, 6) is 2.99. The molecule has 2 aromatic heterocycles. The lowest BCUT2D eigenvalue weighted by molar-refractivity contribution is -0.0708. The second kappa shape index (κ2) is 6.24. The van der Waals surface area contributed by atoms with Gasteiger partial charge < -0.3 is 20.3 Å². The Labute approximate surface area is 175 Å². The van der Waals surface area contributed by atoms with Gasteiger partial charge in [-0.1, -0.05) is 0 Å². The fourth-order valence-corrected chi connectivity index (χ4v) is 5.93. The summed E-state index contributed by atoms with van der Waals surface area (Å²) in [7, 11) is 0. The van der Waals surface area contributed by atoms with E-state index >= 15 is 0 Å². The molecule has 9 heteroatoms. The first-order valence-electron chi connectivity index (χ1n) is 11.0. The first-order chi connectivity index (χ1) is 14.7. The van der Waals surface area contributed by atoms with Crippen molar-refractivity contribution < 1.29 is 4.74 Å². The Morgan fingerprint density at radius 1 is 0.867 bits per heavy atom. The minimum Gasteiger partial charge on any atom is -0.378 e. The van der Waals surface area contributed by atoms with E-state index in [-0.39, 0.29) is 5.95 Å². The zero-order valence-electron chi connectivity index (χ0n) is 16.9. The van der Waals surface area contributed by atoms with Gasteiger partial charge in [-0.3, -0.25) is 4.90 Å². The summed E-state index contributed by atoms with van der Waals surface area (Å²) in [6, 6.07) is 4.44. The van der Waals surface area contributed by atoms with Crippen molar-refractivity contribution in [1.82, 2.24) is 24.8 Å². The average molecular weight is 406 g/mol. The molecule has 6 aliphatic rings. The van der Waals surface area contributed by atoms with E-state index in [1.54, 1.807) is 12.4 Å². The Balaban J connectivity index is 1.23. The normalized spacial score (nSPS) is 32.5. The number of piperazine rings is 1. The quantitative estimate of drug-likeness (QED) is 0.790. The van der Waals surface area contributed by atoms with Crippen LogP contribution in [0.15, 0.2) is 18.5 Å². The molecule has 2 atom stereocenters. The lowest BCUT2D eigenvalue weighted by Gasteiger charge is -2.42. The van der Waals surface area contributed by atoms with E-state index in [1.165, 1.54) is 19.3 Å². The SMILES string of the molecule is Nc1ncc(-c2cc(N3C[C@@H]4C[C@H]3CN4C3COC3)nc(N3CC4CC3C4)n2)cn1. The molecule has 0 amide bonds. The Morgan fingerprint density at radius 2 is 1.70 bits per heavy atom. The molecular formula is C21H26N8O. The van der Waals surface area contributed by atoms with Crippen LogP contribution in [-0.2, 0) is 4.74 Å². The van der Waals surface area contributed by atoms with Gasteiger partial charge >= 0.3 is 0 Å². The van der Waals surface area contributed by atoms with Gasteiger partial charge in [-0.2, -0.15) is 4.98 Å². The zero-order chi connectivity index (χ0) is 19.8. The van der Waals surface area contributed by atoms with Crippen LogP contribution in [0.2, 0.25) is 0 Å². The van der Waals surface area contributed by atoms with E-state index in [1.807, 2.05) is 0 Å². The smallest absolute Gasteiger partial charge is 0.228 e. The molecule has 0 spiro atoms. The molecule has 4 bridgehead atoms. The van der Waals surface area contributed by atoms with Gasteiger partial charge in [-0.15, -0.1) is 0 Å². The molecule has 0 unspecified atom stereocenters. The van der Waals surface area contributed by atoms with Gasteiger partial charge in [0.25, 0.3) is 0 Å². The number of rotatable bonds is 4. The molecule has 2 N–H and O–H groups in total. The molecule has 1 aliphatic carbocycles. The standard InChI is InChI=1S/C21H26N8O/c22-20-23-5-13(6-24-20)18-4-19(26-21(25-18)29-7-12-1-14(29)2-12)28-9-15-3-16(28)8-27(15)17-10-30-11-17/h4-6,12,14-17H,1-3,7-11H2,(H2,22,23,24)/t12?,14?,15-,16-/m0/s1. The molecule has 8 rings (SSSR count). The Bertz CT molecular complexity index is 973. The minimum atomic E-state index is 0.283. The molecule has 0 radical (unpaired) electrons.